The summed E-state index contributed by atoms with van der Waals surface area (Å²) < 4.78 is 5.50. The molecule has 1 saturated carbocycles. The van der Waals surface area contributed by atoms with Gasteiger partial charge in [0.05, 0.1) is 5.92 Å². The molecule has 2 nitrogen and oxygen atoms in total. The quantitative estimate of drug-likeness (QED) is 0.666. The Morgan fingerprint density at radius 3 is 2.53 bits per heavy atom. The van der Waals surface area contributed by atoms with Gasteiger partial charge in [0.2, 0.25) is 0 Å². The summed E-state index contributed by atoms with van der Waals surface area (Å²) in [6, 6.07) is 0. The smallest absolute Gasteiger partial charge is 0.309 e. The van der Waals surface area contributed by atoms with Crippen molar-refractivity contribution in [2.75, 3.05) is 0 Å². The van der Waals surface area contributed by atoms with Crippen molar-refractivity contribution in [2.24, 2.45) is 11.8 Å². The molecule has 0 N–H and O–H groups in total. The van der Waals surface area contributed by atoms with Gasteiger partial charge in [-0.15, -0.1) is 0 Å². The first-order valence-corrected chi connectivity index (χ1v) is 6.37. The summed E-state index contributed by atoms with van der Waals surface area (Å²) in [4.78, 5) is 11.8. The number of esters is 1. The Kier molecular flexibility index (Phi) is 5.13. The highest BCUT2D eigenvalue weighted by molar-refractivity contribution is 5.72. The average molecular weight is 212 g/mol. The molecule has 2 unspecified atom stereocenters. The Morgan fingerprint density at radius 2 is 2.00 bits per heavy atom. The molecule has 1 rings (SSSR count). The summed E-state index contributed by atoms with van der Waals surface area (Å²) >= 11 is 0. The Bertz CT molecular complexity index is 197. The maximum absolute atomic E-state index is 11.8. The van der Waals surface area contributed by atoms with Gasteiger partial charge in [-0.3, -0.25) is 4.79 Å². The highest BCUT2D eigenvalue weighted by atomic mass is 16.5. The largest absolute Gasteiger partial charge is 0.462 e. The van der Waals surface area contributed by atoms with Crippen LogP contribution >= 0.6 is 0 Å². The molecule has 15 heavy (non-hydrogen) atoms. The van der Waals surface area contributed by atoms with Crippen LogP contribution < -0.4 is 0 Å². The van der Waals surface area contributed by atoms with Gasteiger partial charge in [0, 0.05) is 0 Å². The van der Waals surface area contributed by atoms with E-state index >= 15 is 0 Å². The normalized spacial score (nSPS) is 26.7. The molecule has 0 amide bonds. The zero-order chi connectivity index (χ0) is 11.3. The first kappa shape index (κ1) is 12.5. The van der Waals surface area contributed by atoms with Crippen molar-refractivity contribution in [3.05, 3.63) is 0 Å². The van der Waals surface area contributed by atoms with E-state index in [1.807, 2.05) is 0 Å². The molecule has 0 aliphatic heterocycles. The predicted octanol–water partition coefficient (Wildman–Crippen LogP) is 3.54. The van der Waals surface area contributed by atoms with Gasteiger partial charge in [0.15, 0.2) is 0 Å². The molecule has 88 valence electrons. The fourth-order valence-corrected chi connectivity index (χ4v) is 2.36. The van der Waals surface area contributed by atoms with E-state index in [4.69, 9.17) is 4.74 Å². The molecule has 0 saturated heterocycles. The van der Waals surface area contributed by atoms with Gasteiger partial charge in [-0.2, -0.15) is 0 Å². The first-order chi connectivity index (χ1) is 7.17. The van der Waals surface area contributed by atoms with E-state index in [1.54, 1.807) is 0 Å². The second kappa shape index (κ2) is 6.14. The summed E-state index contributed by atoms with van der Waals surface area (Å²) in [5, 5.41) is 0. The van der Waals surface area contributed by atoms with Crippen LogP contribution in [-0.2, 0) is 9.53 Å². The van der Waals surface area contributed by atoms with Crippen LogP contribution in [-0.4, -0.2) is 12.1 Å². The third kappa shape index (κ3) is 3.84. The van der Waals surface area contributed by atoms with Crippen molar-refractivity contribution in [3.8, 4) is 0 Å². The average Bonchev–Trinajstić information content (AvgIpc) is 2.25. The van der Waals surface area contributed by atoms with Crippen LogP contribution in [0.5, 0.6) is 0 Å². The molecule has 0 spiro atoms. The minimum absolute atomic E-state index is 0.0512. The first-order valence-electron chi connectivity index (χ1n) is 6.37. The fraction of sp³-hybridized carbons (Fsp3) is 0.923. The summed E-state index contributed by atoms with van der Waals surface area (Å²) in [6.45, 7) is 6.38. The van der Waals surface area contributed by atoms with Crippen molar-refractivity contribution in [2.45, 2.75) is 65.4 Å². The lowest BCUT2D eigenvalue weighted by molar-refractivity contribution is -0.156. The molecule has 0 bridgehead atoms. The van der Waals surface area contributed by atoms with Crippen LogP contribution in [0, 0.1) is 11.8 Å². The Balaban J connectivity index is 2.38. The van der Waals surface area contributed by atoms with E-state index in [0.29, 0.717) is 5.92 Å². The molecule has 1 fully saturated rings. The topological polar surface area (TPSA) is 26.3 Å². The van der Waals surface area contributed by atoms with Gasteiger partial charge in [0.1, 0.15) is 6.10 Å². The van der Waals surface area contributed by atoms with Gasteiger partial charge in [-0.25, -0.2) is 0 Å². The Labute approximate surface area is 93.4 Å². The molecule has 0 aromatic carbocycles. The van der Waals surface area contributed by atoms with Gasteiger partial charge in [0.25, 0.3) is 0 Å². The highest BCUT2D eigenvalue weighted by Gasteiger charge is 2.27. The molecule has 0 aromatic rings. The number of hydrogen-bond donors (Lipinski definition) is 0. The standard InChI is InChI=1S/C13H24O2/c1-4-12(5-2)15-13(14)11-8-6-7-10(3)9-11/h10-12H,4-9H2,1-3H3. The number of ether oxygens (including phenoxy) is 1. The lowest BCUT2D eigenvalue weighted by Gasteiger charge is -2.26. The lowest BCUT2D eigenvalue weighted by Crippen LogP contribution is -2.27. The van der Waals surface area contributed by atoms with Crippen molar-refractivity contribution in [1.82, 2.24) is 0 Å². The summed E-state index contributed by atoms with van der Waals surface area (Å²) in [7, 11) is 0. The van der Waals surface area contributed by atoms with Crippen molar-refractivity contribution >= 4 is 5.97 Å². The van der Waals surface area contributed by atoms with Gasteiger partial charge < -0.3 is 4.74 Å². The molecular weight excluding hydrogens is 188 g/mol. The van der Waals surface area contributed by atoms with E-state index in [2.05, 4.69) is 20.8 Å². The number of carbonyl (C=O) groups excluding carboxylic acids is 1. The van der Waals surface area contributed by atoms with Crippen LogP contribution in [0.3, 0.4) is 0 Å². The zero-order valence-corrected chi connectivity index (χ0v) is 10.3. The fourth-order valence-electron chi connectivity index (χ4n) is 2.36. The molecule has 0 radical (unpaired) electrons. The lowest BCUT2D eigenvalue weighted by atomic mass is 9.82. The third-order valence-electron chi connectivity index (χ3n) is 3.46. The summed E-state index contributed by atoms with van der Waals surface area (Å²) in [6.07, 6.45) is 6.52. The third-order valence-corrected chi connectivity index (χ3v) is 3.46. The molecule has 0 aromatic heterocycles. The van der Waals surface area contributed by atoms with Gasteiger partial charge in [-0.05, 0) is 31.6 Å². The van der Waals surface area contributed by atoms with Crippen LogP contribution in [0.1, 0.15) is 59.3 Å². The predicted molar refractivity (Wildman–Crippen MR) is 61.6 cm³/mol. The maximum atomic E-state index is 11.8. The van der Waals surface area contributed by atoms with E-state index in [-0.39, 0.29) is 18.0 Å². The Morgan fingerprint density at radius 1 is 1.33 bits per heavy atom. The van der Waals surface area contributed by atoms with E-state index < -0.39 is 0 Å². The van der Waals surface area contributed by atoms with Gasteiger partial charge in [-0.1, -0.05) is 33.6 Å². The van der Waals surface area contributed by atoms with Crippen molar-refractivity contribution in [3.63, 3.8) is 0 Å². The summed E-state index contributed by atoms with van der Waals surface area (Å²) in [5.74, 6) is 0.919. The van der Waals surface area contributed by atoms with E-state index in [1.165, 1.54) is 12.8 Å². The molecule has 0 heterocycles. The minimum Gasteiger partial charge on any atom is -0.462 e. The van der Waals surface area contributed by atoms with Crippen LogP contribution in [0.15, 0.2) is 0 Å². The number of hydrogen-bond acceptors (Lipinski definition) is 2. The second-order valence-corrected chi connectivity index (χ2v) is 4.84. The second-order valence-electron chi connectivity index (χ2n) is 4.84. The van der Waals surface area contributed by atoms with Crippen molar-refractivity contribution in [1.29, 1.82) is 0 Å². The monoisotopic (exact) mass is 212 g/mol. The number of carbonyl (C=O) groups is 1. The zero-order valence-electron chi connectivity index (χ0n) is 10.3. The minimum atomic E-state index is 0.0512. The van der Waals surface area contributed by atoms with Crippen LogP contribution in [0.4, 0.5) is 0 Å². The number of rotatable bonds is 4. The summed E-state index contributed by atoms with van der Waals surface area (Å²) in [5.41, 5.74) is 0. The molecule has 1 aliphatic rings. The highest BCUT2D eigenvalue weighted by Crippen LogP contribution is 2.29. The van der Waals surface area contributed by atoms with Crippen LogP contribution in [0.2, 0.25) is 0 Å². The van der Waals surface area contributed by atoms with Gasteiger partial charge >= 0.3 is 5.97 Å². The molecule has 2 heteroatoms. The van der Waals surface area contributed by atoms with Crippen molar-refractivity contribution < 1.29 is 9.53 Å². The maximum Gasteiger partial charge on any atom is 0.309 e. The molecular formula is C13H24O2. The Hall–Kier alpha value is -0.530. The molecule has 1 aliphatic carbocycles. The van der Waals surface area contributed by atoms with Crippen LogP contribution in [0.25, 0.3) is 0 Å². The van der Waals surface area contributed by atoms with E-state index in [0.717, 1.165) is 25.7 Å². The molecule has 2 atom stereocenters. The SMILES string of the molecule is CCC(CC)OC(=O)C1CCCC(C)C1. The van der Waals surface area contributed by atoms with E-state index in [9.17, 15) is 4.79 Å².